The molecule has 108 valence electrons. The zero-order chi connectivity index (χ0) is 14.8. The summed E-state index contributed by atoms with van der Waals surface area (Å²) in [5.74, 6) is -1.03. The van der Waals surface area contributed by atoms with E-state index >= 15 is 0 Å². The summed E-state index contributed by atoms with van der Waals surface area (Å²) in [7, 11) is 0. The van der Waals surface area contributed by atoms with E-state index in [-0.39, 0.29) is 5.71 Å². The van der Waals surface area contributed by atoms with Gasteiger partial charge >= 0.3 is 5.97 Å². The highest BCUT2D eigenvalue weighted by Gasteiger charge is 1.99. The smallest absolute Gasteiger partial charge is 0.351 e. The molecule has 1 aromatic carbocycles. The van der Waals surface area contributed by atoms with Gasteiger partial charge in [0.05, 0.1) is 19.8 Å². The van der Waals surface area contributed by atoms with Crippen LogP contribution in [0.25, 0.3) is 5.57 Å². The lowest BCUT2D eigenvalue weighted by Crippen LogP contribution is -2.19. The van der Waals surface area contributed by atoms with E-state index in [1.165, 1.54) is 18.1 Å². The van der Waals surface area contributed by atoms with Gasteiger partial charge in [0.2, 0.25) is 0 Å². The standard InChI is InChI=1S/C15H20N2O3/c1-12(14-6-4-3-5-7-14)8-10-20-11-9-16-17-13(2)15(18)19/h3-8,16H,9-11H2,1-2H3,(H,18,19)/b12-8+,17-13-. The van der Waals surface area contributed by atoms with Gasteiger partial charge in [0.15, 0.2) is 0 Å². The van der Waals surface area contributed by atoms with Crippen LogP contribution < -0.4 is 5.43 Å². The van der Waals surface area contributed by atoms with Crippen molar-refractivity contribution in [1.82, 2.24) is 5.43 Å². The molecule has 0 aliphatic rings. The second kappa shape index (κ2) is 8.87. The number of ether oxygens (including phenoxy) is 1. The lowest BCUT2D eigenvalue weighted by Gasteiger charge is -2.04. The molecule has 0 saturated carbocycles. The Labute approximate surface area is 119 Å². The molecule has 0 aliphatic heterocycles. The zero-order valence-electron chi connectivity index (χ0n) is 11.8. The summed E-state index contributed by atoms with van der Waals surface area (Å²) in [6, 6.07) is 10.1. The number of carboxylic acids is 1. The highest BCUT2D eigenvalue weighted by molar-refractivity contribution is 6.34. The van der Waals surface area contributed by atoms with Crippen molar-refractivity contribution in [3.63, 3.8) is 0 Å². The summed E-state index contributed by atoms with van der Waals surface area (Å²) in [6.07, 6.45) is 2.01. The molecule has 0 aliphatic carbocycles. The minimum absolute atomic E-state index is 0.0322. The number of benzene rings is 1. The minimum atomic E-state index is -1.03. The lowest BCUT2D eigenvalue weighted by molar-refractivity contribution is -0.129. The predicted molar refractivity (Wildman–Crippen MR) is 79.7 cm³/mol. The molecule has 0 bridgehead atoms. The second-order valence-electron chi connectivity index (χ2n) is 4.24. The van der Waals surface area contributed by atoms with E-state index in [4.69, 9.17) is 9.84 Å². The number of hydrazone groups is 1. The monoisotopic (exact) mass is 276 g/mol. The molecule has 0 amide bonds. The number of carboxylic acid groups (broad SMARTS) is 1. The molecule has 2 N–H and O–H groups in total. The second-order valence-corrected chi connectivity index (χ2v) is 4.24. The van der Waals surface area contributed by atoms with Crippen molar-refractivity contribution in [3.8, 4) is 0 Å². The molecule has 0 radical (unpaired) electrons. The Morgan fingerprint density at radius 3 is 2.70 bits per heavy atom. The van der Waals surface area contributed by atoms with Crippen LogP contribution in [-0.4, -0.2) is 36.5 Å². The number of nitrogens with one attached hydrogen (secondary N) is 1. The summed E-state index contributed by atoms with van der Waals surface area (Å²) in [4.78, 5) is 10.5. The van der Waals surface area contributed by atoms with E-state index in [2.05, 4.69) is 22.7 Å². The highest BCUT2D eigenvalue weighted by Crippen LogP contribution is 2.11. The zero-order valence-corrected chi connectivity index (χ0v) is 11.8. The average Bonchev–Trinajstić information content (AvgIpc) is 2.46. The van der Waals surface area contributed by atoms with Crippen LogP contribution in [0, 0.1) is 0 Å². The number of hydrogen-bond donors (Lipinski definition) is 2. The Morgan fingerprint density at radius 1 is 1.35 bits per heavy atom. The van der Waals surface area contributed by atoms with Gasteiger partial charge in [0.25, 0.3) is 0 Å². The number of hydrogen-bond acceptors (Lipinski definition) is 4. The van der Waals surface area contributed by atoms with Gasteiger partial charge in [-0.3, -0.25) is 0 Å². The molecule has 0 saturated heterocycles. The van der Waals surface area contributed by atoms with Crippen LogP contribution in [0.5, 0.6) is 0 Å². The topological polar surface area (TPSA) is 70.9 Å². The Balaban J connectivity index is 2.19. The molecular formula is C15H20N2O3. The molecule has 20 heavy (non-hydrogen) atoms. The van der Waals surface area contributed by atoms with Crippen LogP contribution in [0.1, 0.15) is 19.4 Å². The van der Waals surface area contributed by atoms with Gasteiger partial charge in [-0.05, 0) is 25.0 Å². The maximum atomic E-state index is 10.5. The number of nitrogens with zero attached hydrogens (tertiary/aromatic N) is 1. The molecule has 0 aromatic heterocycles. The van der Waals surface area contributed by atoms with Crippen LogP contribution >= 0.6 is 0 Å². The number of allylic oxidation sites excluding steroid dienone is 1. The lowest BCUT2D eigenvalue weighted by atomic mass is 10.1. The Hall–Kier alpha value is -2.14. The van der Waals surface area contributed by atoms with Crippen molar-refractivity contribution in [1.29, 1.82) is 0 Å². The summed E-state index contributed by atoms with van der Waals surface area (Å²) in [5, 5.41) is 12.3. The third-order valence-corrected chi connectivity index (χ3v) is 2.65. The van der Waals surface area contributed by atoms with E-state index < -0.39 is 5.97 Å². The van der Waals surface area contributed by atoms with Gasteiger partial charge in [-0.25, -0.2) is 4.79 Å². The van der Waals surface area contributed by atoms with Crippen LogP contribution in [0.4, 0.5) is 0 Å². The maximum absolute atomic E-state index is 10.5. The Bertz CT molecular complexity index is 481. The third kappa shape index (κ3) is 6.15. The first-order valence-corrected chi connectivity index (χ1v) is 6.41. The normalized spacial score (nSPS) is 12.3. The molecule has 0 fully saturated rings. The predicted octanol–water partition coefficient (Wildman–Crippen LogP) is 2.16. The first-order chi connectivity index (χ1) is 9.61. The quantitative estimate of drug-likeness (QED) is 0.433. The van der Waals surface area contributed by atoms with Crippen LogP contribution in [0.3, 0.4) is 0 Å². The van der Waals surface area contributed by atoms with Gasteiger partial charge in [0.1, 0.15) is 5.71 Å². The third-order valence-electron chi connectivity index (χ3n) is 2.65. The fraction of sp³-hybridized carbons (Fsp3) is 0.333. The maximum Gasteiger partial charge on any atom is 0.351 e. The molecule has 5 nitrogen and oxygen atoms in total. The van der Waals surface area contributed by atoms with Gasteiger partial charge in [-0.2, -0.15) is 5.10 Å². The summed E-state index contributed by atoms with van der Waals surface area (Å²) < 4.78 is 5.41. The van der Waals surface area contributed by atoms with Gasteiger partial charge in [-0.15, -0.1) is 0 Å². The average molecular weight is 276 g/mol. The van der Waals surface area contributed by atoms with Crippen molar-refractivity contribution >= 4 is 17.3 Å². The Morgan fingerprint density at radius 2 is 2.05 bits per heavy atom. The molecular weight excluding hydrogens is 256 g/mol. The molecule has 0 atom stereocenters. The molecule has 5 heteroatoms. The number of rotatable bonds is 8. The van der Waals surface area contributed by atoms with Crippen LogP contribution in [0.15, 0.2) is 41.5 Å². The van der Waals surface area contributed by atoms with Crippen molar-refractivity contribution < 1.29 is 14.6 Å². The summed E-state index contributed by atoms with van der Waals surface area (Å²) in [5.41, 5.74) is 5.02. The highest BCUT2D eigenvalue weighted by atomic mass is 16.5. The number of carbonyl (C=O) groups is 1. The first-order valence-electron chi connectivity index (χ1n) is 6.41. The fourth-order valence-electron chi connectivity index (χ4n) is 1.43. The van der Waals surface area contributed by atoms with E-state index in [0.717, 1.165) is 0 Å². The van der Waals surface area contributed by atoms with Crippen molar-refractivity contribution in [2.45, 2.75) is 13.8 Å². The van der Waals surface area contributed by atoms with Gasteiger partial charge in [0, 0.05) is 0 Å². The molecule has 0 heterocycles. The van der Waals surface area contributed by atoms with Crippen LogP contribution in [-0.2, 0) is 9.53 Å². The Kier molecular flexibility index (Phi) is 7.06. The van der Waals surface area contributed by atoms with Gasteiger partial charge in [-0.1, -0.05) is 36.4 Å². The minimum Gasteiger partial charge on any atom is -0.477 e. The number of aliphatic carboxylic acids is 1. The molecule has 1 rings (SSSR count). The van der Waals surface area contributed by atoms with E-state index in [9.17, 15) is 4.79 Å². The van der Waals surface area contributed by atoms with Crippen LogP contribution in [0.2, 0.25) is 0 Å². The van der Waals surface area contributed by atoms with Crippen molar-refractivity contribution in [2.24, 2.45) is 5.10 Å². The van der Waals surface area contributed by atoms with E-state index in [1.54, 1.807) is 0 Å². The van der Waals surface area contributed by atoms with Crippen molar-refractivity contribution in [3.05, 3.63) is 42.0 Å². The first kappa shape index (κ1) is 15.9. The van der Waals surface area contributed by atoms with Gasteiger partial charge < -0.3 is 15.3 Å². The molecule has 0 unspecified atom stereocenters. The SMILES string of the molecule is C/C(=N/NCCOC/C=C(\C)c1ccccc1)C(=O)O. The van der Waals surface area contributed by atoms with Crippen molar-refractivity contribution in [2.75, 3.05) is 19.8 Å². The summed E-state index contributed by atoms with van der Waals surface area (Å²) >= 11 is 0. The summed E-state index contributed by atoms with van der Waals surface area (Å²) in [6.45, 7) is 4.93. The van der Waals surface area contributed by atoms with E-state index in [1.807, 2.05) is 31.2 Å². The molecule has 0 spiro atoms. The van der Waals surface area contributed by atoms with E-state index in [0.29, 0.717) is 19.8 Å². The fourth-order valence-corrected chi connectivity index (χ4v) is 1.43. The largest absolute Gasteiger partial charge is 0.477 e. The molecule has 1 aromatic rings.